The average Bonchev–Trinajstić information content (AvgIpc) is 2.53. The topological polar surface area (TPSA) is 36.3 Å². The zero-order valence-corrected chi connectivity index (χ0v) is 12.7. The summed E-state index contributed by atoms with van der Waals surface area (Å²) < 4.78 is 44.2. The normalized spacial score (nSPS) is 11.0. The molecule has 0 amide bonds. The summed E-state index contributed by atoms with van der Waals surface area (Å²) in [7, 11) is 3.25. The Kier molecular flexibility index (Phi) is 4.80. The van der Waals surface area contributed by atoms with Crippen LogP contribution in [-0.4, -0.2) is 14.2 Å². The van der Waals surface area contributed by atoms with Crippen molar-refractivity contribution in [2.45, 2.75) is 12.7 Å². The maximum atomic E-state index is 13.0. The Balaban J connectivity index is 2.29. The minimum Gasteiger partial charge on any atom is -0.497 e. The summed E-state index contributed by atoms with van der Waals surface area (Å²) in [5.41, 5.74) is -0.00469. The van der Waals surface area contributed by atoms with Crippen molar-refractivity contribution in [1.29, 1.82) is 5.26 Å². The van der Waals surface area contributed by atoms with Crippen molar-refractivity contribution in [1.82, 2.24) is 0 Å². The summed E-state index contributed by atoms with van der Waals surface area (Å²) in [5, 5.41) is 8.83. The number of halogens is 3. The summed E-state index contributed by atoms with van der Waals surface area (Å²) in [6.07, 6.45) is -4.56. The predicted octanol–water partition coefficient (Wildman–Crippen LogP) is 4.22. The van der Waals surface area contributed by atoms with Gasteiger partial charge in [-0.1, -0.05) is 12.1 Å². The molecule has 120 valence electrons. The highest BCUT2D eigenvalue weighted by molar-refractivity contribution is 5.54. The molecule has 0 saturated heterocycles. The summed E-state index contributed by atoms with van der Waals surface area (Å²) in [6.45, 7) is 0.417. The lowest BCUT2D eigenvalue weighted by molar-refractivity contribution is -0.137. The van der Waals surface area contributed by atoms with Crippen LogP contribution in [0.1, 0.15) is 16.7 Å². The lowest BCUT2D eigenvalue weighted by atomic mass is 10.1. The van der Waals surface area contributed by atoms with Crippen LogP contribution in [0.25, 0.3) is 0 Å². The first-order valence-electron chi connectivity index (χ1n) is 6.80. The third-order valence-electron chi connectivity index (χ3n) is 3.42. The van der Waals surface area contributed by atoms with E-state index in [1.165, 1.54) is 12.1 Å². The van der Waals surface area contributed by atoms with Crippen molar-refractivity contribution in [3.8, 4) is 11.8 Å². The predicted molar refractivity (Wildman–Crippen MR) is 81.3 cm³/mol. The number of nitriles is 1. The minimum atomic E-state index is -4.56. The summed E-state index contributed by atoms with van der Waals surface area (Å²) in [4.78, 5) is 1.69. The van der Waals surface area contributed by atoms with Gasteiger partial charge in [0.15, 0.2) is 0 Å². The van der Waals surface area contributed by atoms with E-state index < -0.39 is 11.7 Å². The molecule has 0 N–H and O–H groups in total. The molecule has 0 radical (unpaired) electrons. The Bertz CT molecular complexity index is 735. The number of alkyl halides is 3. The molecular weight excluding hydrogens is 305 g/mol. The smallest absolute Gasteiger partial charge is 0.417 e. The van der Waals surface area contributed by atoms with Crippen LogP contribution in [0.15, 0.2) is 42.5 Å². The molecule has 6 heteroatoms. The van der Waals surface area contributed by atoms with Gasteiger partial charge in [0.2, 0.25) is 0 Å². The third-order valence-corrected chi connectivity index (χ3v) is 3.42. The second-order valence-corrected chi connectivity index (χ2v) is 5.05. The number of ether oxygens (including phenoxy) is 1. The van der Waals surface area contributed by atoms with Crippen LogP contribution in [0.5, 0.6) is 5.75 Å². The van der Waals surface area contributed by atoms with Crippen molar-refractivity contribution in [2.75, 3.05) is 19.1 Å². The van der Waals surface area contributed by atoms with Gasteiger partial charge in [-0.25, -0.2) is 0 Å². The number of hydrogen-bond acceptors (Lipinski definition) is 3. The minimum absolute atomic E-state index is 0.379. The van der Waals surface area contributed by atoms with Gasteiger partial charge in [-0.15, -0.1) is 0 Å². The van der Waals surface area contributed by atoms with E-state index in [2.05, 4.69) is 0 Å². The fraction of sp³-hybridized carbons (Fsp3) is 0.235. The first-order valence-corrected chi connectivity index (χ1v) is 6.80. The maximum Gasteiger partial charge on any atom is 0.417 e. The first kappa shape index (κ1) is 16.7. The fourth-order valence-electron chi connectivity index (χ4n) is 2.24. The van der Waals surface area contributed by atoms with Crippen molar-refractivity contribution >= 4 is 5.69 Å². The van der Waals surface area contributed by atoms with Crippen LogP contribution in [0, 0.1) is 11.3 Å². The molecule has 3 nitrogen and oxygen atoms in total. The lowest BCUT2D eigenvalue weighted by Crippen LogP contribution is -2.18. The molecule has 2 aromatic rings. The largest absolute Gasteiger partial charge is 0.497 e. The zero-order chi connectivity index (χ0) is 17.0. The third kappa shape index (κ3) is 3.95. The first-order chi connectivity index (χ1) is 10.8. The highest BCUT2D eigenvalue weighted by atomic mass is 19.4. The molecular formula is C17H15F3N2O. The SMILES string of the molecule is COc1cccc(CN(C)c2ccc(C#N)c(C(F)(F)F)c2)c1. The van der Waals surface area contributed by atoms with E-state index in [1.807, 2.05) is 18.2 Å². The number of hydrogen-bond donors (Lipinski definition) is 0. The molecule has 2 aromatic carbocycles. The van der Waals surface area contributed by atoms with Crippen molar-refractivity contribution in [3.63, 3.8) is 0 Å². The van der Waals surface area contributed by atoms with E-state index in [9.17, 15) is 13.2 Å². The quantitative estimate of drug-likeness (QED) is 0.846. The standard InChI is InChI=1S/C17H15F3N2O/c1-22(11-12-4-3-5-15(8-12)23-2)14-7-6-13(10-21)16(9-14)17(18,19)20/h3-9H,11H2,1-2H3. The van der Waals surface area contributed by atoms with E-state index >= 15 is 0 Å². The molecule has 0 fully saturated rings. The summed E-state index contributed by atoms with van der Waals surface area (Å²) in [6, 6.07) is 12.6. The second-order valence-electron chi connectivity index (χ2n) is 5.05. The molecule has 0 bridgehead atoms. The van der Waals surface area contributed by atoms with Gasteiger partial charge in [0.05, 0.1) is 24.3 Å². The van der Waals surface area contributed by atoms with E-state index in [-0.39, 0.29) is 5.56 Å². The average molecular weight is 320 g/mol. The van der Waals surface area contributed by atoms with Crippen LogP contribution < -0.4 is 9.64 Å². The van der Waals surface area contributed by atoms with Gasteiger partial charge in [-0.3, -0.25) is 0 Å². The van der Waals surface area contributed by atoms with Gasteiger partial charge in [-0.2, -0.15) is 18.4 Å². The van der Waals surface area contributed by atoms with Crippen LogP contribution >= 0.6 is 0 Å². The van der Waals surface area contributed by atoms with Crippen LogP contribution in [0.4, 0.5) is 18.9 Å². The van der Waals surface area contributed by atoms with Crippen molar-refractivity contribution in [2.24, 2.45) is 0 Å². The van der Waals surface area contributed by atoms with E-state index in [1.54, 1.807) is 31.2 Å². The zero-order valence-electron chi connectivity index (χ0n) is 12.7. The molecule has 0 unspecified atom stereocenters. The Morgan fingerprint density at radius 3 is 2.52 bits per heavy atom. The van der Waals surface area contributed by atoms with Gasteiger partial charge in [-0.05, 0) is 35.9 Å². The highest BCUT2D eigenvalue weighted by Gasteiger charge is 2.34. The van der Waals surface area contributed by atoms with Gasteiger partial charge < -0.3 is 9.64 Å². The lowest BCUT2D eigenvalue weighted by Gasteiger charge is -2.21. The Labute approximate surface area is 132 Å². The Hall–Kier alpha value is -2.68. The second kappa shape index (κ2) is 6.61. The van der Waals surface area contributed by atoms with Crippen LogP contribution in [0.2, 0.25) is 0 Å². The van der Waals surface area contributed by atoms with Gasteiger partial charge >= 0.3 is 6.18 Å². The van der Waals surface area contributed by atoms with E-state index in [0.717, 1.165) is 11.6 Å². The molecule has 0 saturated carbocycles. The van der Waals surface area contributed by atoms with Crippen LogP contribution in [-0.2, 0) is 12.7 Å². The molecule has 0 aliphatic heterocycles. The van der Waals surface area contributed by atoms with Crippen LogP contribution in [0.3, 0.4) is 0 Å². The van der Waals surface area contributed by atoms with Gasteiger partial charge in [0.1, 0.15) is 5.75 Å². The monoisotopic (exact) mass is 320 g/mol. The Morgan fingerprint density at radius 1 is 1.17 bits per heavy atom. The molecule has 0 aromatic heterocycles. The molecule has 0 heterocycles. The molecule has 0 atom stereocenters. The molecule has 0 aliphatic rings. The van der Waals surface area contributed by atoms with Gasteiger partial charge in [0.25, 0.3) is 0 Å². The highest BCUT2D eigenvalue weighted by Crippen LogP contribution is 2.34. The number of nitrogens with zero attached hydrogens (tertiary/aromatic N) is 2. The molecule has 23 heavy (non-hydrogen) atoms. The molecule has 2 rings (SSSR count). The number of rotatable bonds is 4. The summed E-state index contributed by atoms with van der Waals surface area (Å²) in [5.74, 6) is 0.687. The van der Waals surface area contributed by atoms with Crippen molar-refractivity contribution in [3.05, 3.63) is 59.2 Å². The van der Waals surface area contributed by atoms with Crippen molar-refractivity contribution < 1.29 is 17.9 Å². The van der Waals surface area contributed by atoms with E-state index in [4.69, 9.17) is 10.00 Å². The number of benzene rings is 2. The molecule has 0 aliphatic carbocycles. The molecule has 0 spiro atoms. The number of anilines is 1. The van der Waals surface area contributed by atoms with E-state index in [0.29, 0.717) is 18.0 Å². The Morgan fingerprint density at radius 2 is 1.91 bits per heavy atom. The fourth-order valence-corrected chi connectivity index (χ4v) is 2.24. The summed E-state index contributed by atoms with van der Waals surface area (Å²) >= 11 is 0. The maximum absolute atomic E-state index is 13.0. The van der Waals surface area contributed by atoms with Gasteiger partial charge in [0, 0.05) is 19.3 Å². The number of methoxy groups -OCH3 is 1.